The molecule has 0 saturated carbocycles. The highest BCUT2D eigenvalue weighted by Gasteiger charge is 2.14. The lowest BCUT2D eigenvalue weighted by atomic mass is 10.1. The summed E-state index contributed by atoms with van der Waals surface area (Å²) in [7, 11) is 0. The summed E-state index contributed by atoms with van der Waals surface area (Å²) >= 11 is 6.18. The third kappa shape index (κ3) is 6.26. The molecule has 0 aliphatic rings. The lowest BCUT2D eigenvalue weighted by Gasteiger charge is -2.10. The van der Waals surface area contributed by atoms with Crippen LogP contribution in [0.15, 0.2) is 47.3 Å². The molecule has 0 unspecified atom stereocenters. The van der Waals surface area contributed by atoms with E-state index >= 15 is 0 Å². The maximum atomic E-state index is 12.9. The van der Waals surface area contributed by atoms with E-state index in [-0.39, 0.29) is 22.9 Å². The average Bonchev–Trinajstić information content (AvgIpc) is 3.10. The lowest BCUT2D eigenvalue weighted by molar-refractivity contribution is 0.0697. The summed E-state index contributed by atoms with van der Waals surface area (Å²) in [5, 5.41) is 14.0. The second-order valence-electron chi connectivity index (χ2n) is 7.98. The molecule has 0 radical (unpaired) electrons. The number of unbranched alkanes of at least 4 members (excludes halogenated alkanes) is 2. The van der Waals surface area contributed by atoms with Gasteiger partial charge >= 0.3 is 11.7 Å². The number of carboxylic acids is 1. The first kappa shape index (κ1) is 24.6. The second kappa shape index (κ2) is 11.7. The van der Waals surface area contributed by atoms with Crippen molar-refractivity contribution in [3.8, 4) is 5.75 Å². The van der Waals surface area contributed by atoms with Gasteiger partial charge in [0, 0.05) is 18.5 Å². The van der Waals surface area contributed by atoms with Gasteiger partial charge in [0.05, 0.1) is 17.1 Å². The molecule has 0 amide bonds. The van der Waals surface area contributed by atoms with E-state index in [4.69, 9.17) is 16.3 Å². The first-order valence-electron chi connectivity index (χ1n) is 11.3. The molecule has 2 aromatic carbocycles. The number of rotatable bonds is 12. The molecule has 1 heterocycles. The molecular weight excluding hydrogens is 442 g/mol. The van der Waals surface area contributed by atoms with Crippen molar-refractivity contribution < 1.29 is 14.6 Å². The number of ether oxygens (including phenoxy) is 1. The van der Waals surface area contributed by atoms with E-state index in [1.54, 1.807) is 21.4 Å². The molecule has 0 fully saturated rings. The van der Waals surface area contributed by atoms with Gasteiger partial charge in [0.1, 0.15) is 18.2 Å². The minimum Gasteiger partial charge on any atom is -0.489 e. The van der Waals surface area contributed by atoms with Gasteiger partial charge < -0.3 is 9.84 Å². The van der Waals surface area contributed by atoms with Crippen LogP contribution in [0.4, 0.5) is 0 Å². The summed E-state index contributed by atoms with van der Waals surface area (Å²) in [6.07, 6.45) is 4.75. The smallest absolute Gasteiger partial charge is 0.346 e. The lowest BCUT2D eigenvalue weighted by Crippen LogP contribution is -2.26. The van der Waals surface area contributed by atoms with Gasteiger partial charge in [-0.05, 0) is 36.6 Å². The number of aromatic carboxylic acids is 1. The molecule has 3 aromatic rings. The molecule has 0 spiro atoms. The minimum atomic E-state index is -1.07. The molecule has 176 valence electrons. The van der Waals surface area contributed by atoms with Crippen molar-refractivity contribution in [3.63, 3.8) is 0 Å². The van der Waals surface area contributed by atoms with Gasteiger partial charge in [-0.1, -0.05) is 62.6 Å². The SMILES string of the molecule is CCCCc1nn(CCCC)c(=O)n1Cc1ccc(OCc2cccc(C(=O)O)c2Cl)cc1. The van der Waals surface area contributed by atoms with Gasteiger partial charge in [0.25, 0.3) is 0 Å². The molecule has 3 rings (SSSR count). The van der Waals surface area contributed by atoms with E-state index in [0.29, 0.717) is 24.4 Å². The molecule has 0 aliphatic carbocycles. The standard InChI is InChI=1S/C25H30ClN3O4/c1-3-5-10-22-27-29(15-6-4-2)25(32)28(22)16-18-11-13-20(14-12-18)33-17-19-8-7-9-21(23(19)26)24(30)31/h7-9,11-14H,3-6,10,15-17H2,1-2H3,(H,30,31). The number of carboxylic acid groups (broad SMARTS) is 1. The van der Waals surface area contributed by atoms with Crippen LogP contribution in [-0.4, -0.2) is 25.4 Å². The third-order valence-electron chi connectivity index (χ3n) is 5.44. The van der Waals surface area contributed by atoms with E-state index in [0.717, 1.165) is 43.5 Å². The fourth-order valence-corrected chi connectivity index (χ4v) is 3.77. The van der Waals surface area contributed by atoms with Gasteiger partial charge in [0.2, 0.25) is 0 Å². The average molecular weight is 472 g/mol. The highest BCUT2D eigenvalue weighted by Crippen LogP contribution is 2.23. The van der Waals surface area contributed by atoms with Crippen LogP contribution in [0, 0.1) is 0 Å². The van der Waals surface area contributed by atoms with Crippen molar-refractivity contribution in [2.24, 2.45) is 0 Å². The van der Waals surface area contributed by atoms with Crippen LogP contribution < -0.4 is 10.4 Å². The molecule has 1 aromatic heterocycles. The Hall–Kier alpha value is -3.06. The number of aryl methyl sites for hydroxylation is 2. The maximum absolute atomic E-state index is 12.9. The number of aromatic nitrogens is 3. The summed E-state index contributed by atoms with van der Waals surface area (Å²) in [6, 6.07) is 12.4. The maximum Gasteiger partial charge on any atom is 0.346 e. The van der Waals surface area contributed by atoms with E-state index in [1.807, 2.05) is 24.3 Å². The molecule has 8 heteroatoms. The largest absolute Gasteiger partial charge is 0.489 e. The van der Waals surface area contributed by atoms with E-state index in [2.05, 4.69) is 18.9 Å². The minimum absolute atomic E-state index is 0.0527. The molecular formula is C25H30ClN3O4. The monoisotopic (exact) mass is 471 g/mol. The first-order valence-corrected chi connectivity index (χ1v) is 11.7. The zero-order chi connectivity index (χ0) is 23.8. The summed E-state index contributed by atoms with van der Waals surface area (Å²) in [5.74, 6) is 0.386. The van der Waals surface area contributed by atoms with Crippen molar-refractivity contribution in [1.29, 1.82) is 0 Å². The van der Waals surface area contributed by atoms with Crippen LogP contribution in [0.25, 0.3) is 0 Å². The van der Waals surface area contributed by atoms with Gasteiger partial charge in [-0.25, -0.2) is 14.3 Å². The molecule has 7 nitrogen and oxygen atoms in total. The van der Waals surface area contributed by atoms with Gasteiger partial charge in [0.15, 0.2) is 0 Å². The highest BCUT2D eigenvalue weighted by molar-refractivity contribution is 6.34. The second-order valence-corrected chi connectivity index (χ2v) is 8.36. The fourth-order valence-electron chi connectivity index (χ4n) is 3.51. The highest BCUT2D eigenvalue weighted by atomic mass is 35.5. The van der Waals surface area contributed by atoms with Crippen molar-refractivity contribution in [2.45, 2.75) is 65.6 Å². The van der Waals surface area contributed by atoms with Gasteiger partial charge in [-0.15, -0.1) is 0 Å². The van der Waals surface area contributed by atoms with E-state index in [1.165, 1.54) is 6.07 Å². The summed E-state index contributed by atoms with van der Waals surface area (Å²) in [6.45, 7) is 5.47. The van der Waals surface area contributed by atoms with Crippen LogP contribution >= 0.6 is 11.6 Å². The van der Waals surface area contributed by atoms with Gasteiger partial charge in [-0.2, -0.15) is 5.10 Å². The Bertz CT molecular complexity index is 1140. The predicted octanol–water partition coefficient (Wildman–Crippen LogP) is 5.17. The normalized spacial score (nSPS) is 11.0. The third-order valence-corrected chi connectivity index (χ3v) is 5.89. The first-order chi connectivity index (χ1) is 15.9. The van der Waals surface area contributed by atoms with Crippen molar-refractivity contribution >= 4 is 17.6 Å². The van der Waals surface area contributed by atoms with E-state index in [9.17, 15) is 14.7 Å². The Kier molecular flexibility index (Phi) is 8.72. The molecule has 1 N–H and O–H groups in total. The topological polar surface area (TPSA) is 86.4 Å². The Labute approximate surface area is 198 Å². The van der Waals surface area contributed by atoms with Crippen LogP contribution in [0.1, 0.15) is 66.8 Å². The fraction of sp³-hybridized carbons (Fsp3) is 0.400. The molecule has 33 heavy (non-hydrogen) atoms. The van der Waals surface area contributed by atoms with Crippen LogP contribution in [0.5, 0.6) is 5.75 Å². The molecule has 0 aliphatic heterocycles. The molecule has 0 bridgehead atoms. The zero-order valence-corrected chi connectivity index (χ0v) is 19.8. The quantitative estimate of drug-likeness (QED) is 0.394. The zero-order valence-electron chi connectivity index (χ0n) is 19.1. The Morgan fingerprint density at radius 3 is 2.48 bits per heavy atom. The summed E-state index contributed by atoms with van der Waals surface area (Å²) in [4.78, 5) is 24.1. The van der Waals surface area contributed by atoms with Crippen molar-refractivity contribution in [1.82, 2.24) is 14.3 Å². The Morgan fingerprint density at radius 1 is 1.09 bits per heavy atom. The van der Waals surface area contributed by atoms with Crippen LogP contribution in [0.3, 0.4) is 0 Å². The molecule has 0 atom stereocenters. The number of hydrogen-bond acceptors (Lipinski definition) is 4. The van der Waals surface area contributed by atoms with Gasteiger partial charge in [-0.3, -0.25) is 4.57 Å². The Balaban J connectivity index is 1.71. The van der Waals surface area contributed by atoms with E-state index < -0.39 is 5.97 Å². The summed E-state index contributed by atoms with van der Waals surface area (Å²) in [5.41, 5.74) is 1.56. The van der Waals surface area contributed by atoms with Crippen LogP contribution in [0.2, 0.25) is 5.02 Å². The Morgan fingerprint density at radius 2 is 1.82 bits per heavy atom. The number of nitrogens with zero attached hydrogens (tertiary/aromatic N) is 3. The number of carbonyl (C=O) groups is 1. The number of hydrogen-bond donors (Lipinski definition) is 1. The van der Waals surface area contributed by atoms with Crippen molar-refractivity contribution in [3.05, 3.63) is 80.5 Å². The number of halogens is 1. The van der Waals surface area contributed by atoms with Crippen LogP contribution in [-0.2, 0) is 26.1 Å². The summed E-state index contributed by atoms with van der Waals surface area (Å²) < 4.78 is 9.15. The number of benzene rings is 2. The van der Waals surface area contributed by atoms with Crippen molar-refractivity contribution in [2.75, 3.05) is 0 Å². The predicted molar refractivity (Wildman–Crippen MR) is 128 cm³/mol. The molecule has 0 saturated heterocycles.